The highest BCUT2D eigenvalue weighted by molar-refractivity contribution is 7.87. The van der Waals surface area contributed by atoms with Gasteiger partial charge >= 0.3 is 10.1 Å². The number of aryl methyl sites for hydroxylation is 3. The lowest BCUT2D eigenvalue weighted by atomic mass is 10.1. The van der Waals surface area contributed by atoms with Crippen molar-refractivity contribution in [3.8, 4) is 11.6 Å². The van der Waals surface area contributed by atoms with E-state index in [0.29, 0.717) is 22.5 Å². The molecule has 30 heavy (non-hydrogen) atoms. The minimum atomic E-state index is -4.12. The van der Waals surface area contributed by atoms with E-state index in [1.54, 1.807) is 32.0 Å². The van der Waals surface area contributed by atoms with Gasteiger partial charge in [-0.3, -0.25) is 10.1 Å². The van der Waals surface area contributed by atoms with E-state index in [9.17, 15) is 18.5 Å². The monoisotopic (exact) mass is 429 g/mol. The normalized spacial score (nSPS) is 11.7. The van der Waals surface area contributed by atoms with Crippen LogP contribution < -0.4 is 4.18 Å². The highest BCUT2D eigenvalue weighted by Gasteiger charge is 2.25. The zero-order chi connectivity index (χ0) is 22.2. The molecule has 8 nitrogen and oxygen atoms in total. The summed E-state index contributed by atoms with van der Waals surface area (Å²) in [6, 6.07) is 10.8. The first-order valence-corrected chi connectivity index (χ1v) is 10.8. The van der Waals surface area contributed by atoms with Gasteiger partial charge < -0.3 is 4.18 Å². The molecule has 0 bridgehead atoms. The molecule has 0 N–H and O–H groups in total. The van der Waals surface area contributed by atoms with E-state index in [4.69, 9.17) is 4.18 Å². The van der Waals surface area contributed by atoms with Crippen molar-refractivity contribution in [3.05, 3.63) is 75.0 Å². The molecule has 2 aromatic carbocycles. The summed E-state index contributed by atoms with van der Waals surface area (Å²) in [5, 5.41) is 15.4. The number of nitrogens with zero attached hydrogens (tertiary/aromatic N) is 3. The Bertz CT molecular complexity index is 1190. The van der Waals surface area contributed by atoms with Crippen LogP contribution in [0.25, 0.3) is 5.69 Å². The largest absolute Gasteiger partial charge is 0.358 e. The minimum Gasteiger partial charge on any atom is -0.358 e. The van der Waals surface area contributed by atoms with Gasteiger partial charge in [-0.15, -0.1) is 0 Å². The van der Waals surface area contributed by atoms with Crippen LogP contribution in [0.5, 0.6) is 5.88 Å². The van der Waals surface area contributed by atoms with E-state index in [-0.39, 0.29) is 22.4 Å². The predicted octanol–water partition coefficient (Wildman–Crippen LogP) is 4.60. The Hall–Kier alpha value is -3.20. The summed E-state index contributed by atoms with van der Waals surface area (Å²) in [4.78, 5) is 10.5. The van der Waals surface area contributed by atoms with Crippen molar-refractivity contribution in [2.75, 3.05) is 0 Å². The van der Waals surface area contributed by atoms with Crippen molar-refractivity contribution in [1.29, 1.82) is 0 Å². The molecule has 0 unspecified atom stereocenters. The quantitative estimate of drug-likeness (QED) is 0.322. The maximum atomic E-state index is 13.1. The number of hydrogen-bond donors (Lipinski definition) is 0. The molecule has 0 atom stereocenters. The van der Waals surface area contributed by atoms with Gasteiger partial charge in [-0.2, -0.15) is 18.2 Å². The van der Waals surface area contributed by atoms with Gasteiger partial charge in [0, 0.05) is 18.2 Å². The molecular formula is C21H23N3O5S. The van der Waals surface area contributed by atoms with Crippen LogP contribution >= 0.6 is 0 Å². The lowest BCUT2D eigenvalue weighted by Gasteiger charge is -2.13. The molecule has 3 rings (SSSR count). The summed E-state index contributed by atoms with van der Waals surface area (Å²) < 4.78 is 33.1. The van der Waals surface area contributed by atoms with Crippen molar-refractivity contribution in [3.63, 3.8) is 0 Å². The average molecular weight is 429 g/mol. The summed E-state index contributed by atoms with van der Waals surface area (Å²) in [6.45, 7) is 9.20. The lowest BCUT2D eigenvalue weighted by Crippen LogP contribution is -2.15. The highest BCUT2D eigenvalue weighted by Crippen LogP contribution is 2.30. The first-order chi connectivity index (χ1) is 14.0. The second kappa shape index (κ2) is 7.91. The van der Waals surface area contributed by atoms with E-state index in [1.165, 1.54) is 28.9 Å². The molecule has 9 heteroatoms. The predicted molar refractivity (Wildman–Crippen MR) is 113 cm³/mol. The molecule has 0 radical (unpaired) electrons. The van der Waals surface area contributed by atoms with Crippen LogP contribution in [-0.4, -0.2) is 23.1 Å². The van der Waals surface area contributed by atoms with Gasteiger partial charge in [0.1, 0.15) is 4.90 Å². The Balaban J connectivity index is 2.09. The molecule has 0 aliphatic rings. The van der Waals surface area contributed by atoms with E-state index < -0.39 is 15.0 Å². The van der Waals surface area contributed by atoms with Gasteiger partial charge in [-0.25, -0.2) is 0 Å². The number of nitro groups is 1. The van der Waals surface area contributed by atoms with Gasteiger partial charge in [0.25, 0.3) is 5.69 Å². The number of rotatable bonds is 6. The Kier molecular flexibility index (Phi) is 5.67. The number of hydrogen-bond acceptors (Lipinski definition) is 6. The highest BCUT2D eigenvalue weighted by atomic mass is 32.2. The molecule has 0 saturated heterocycles. The van der Waals surface area contributed by atoms with Crippen molar-refractivity contribution >= 4 is 15.8 Å². The first kappa shape index (κ1) is 21.5. The van der Waals surface area contributed by atoms with Crippen LogP contribution in [0.3, 0.4) is 0 Å². The van der Waals surface area contributed by atoms with Crippen molar-refractivity contribution in [1.82, 2.24) is 9.78 Å². The van der Waals surface area contributed by atoms with Crippen LogP contribution in [0.4, 0.5) is 5.69 Å². The summed E-state index contributed by atoms with van der Waals surface area (Å²) >= 11 is 0. The van der Waals surface area contributed by atoms with Gasteiger partial charge in [0.15, 0.2) is 0 Å². The molecule has 0 fully saturated rings. The van der Waals surface area contributed by atoms with Crippen LogP contribution in [0, 0.1) is 30.9 Å². The molecule has 0 spiro atoms. The topological polar surface area (TPSA) is 104 Å². The summed E-state index contributed by atoms with van der Waals surface area (Å²) in [6.07, 6.45) is 0. The Morgan fingerprint density at radius 1 is 1.03 bits per heavy atom. The smallest absolute Gasteiger partial charge is 0.341 e. The number of aromatic nitrogens is 2. The van der Waals surface area contributed by atoms with Gasteiger partial charge in [-0.05, 0) is 49.9 Å². The Labute approximate surface area is 175 Å². The van der Waals surface area contributed by atoms with Crippen LogP contribution in [0.1, 0.15) is 42.1 Å². The standard InChI is InChI=1S/C21H23N3O5S/c1-13(2)19-12-20(23(22-19)17-6-8-18(9-7-17)24(25)26)29-30(27,28)21-15(4)10-14(3)11-16(21)5/h6-13H,1-5H3. The maximum absolute atomic E-state index is 13.1. The van der Waals surface area contributed by atoms with E-state index in [2.05, 4.69) is 5.10 Å². The average Bonchev–Trinajstić information content (AvgIpc) is 3.03. The molecule has 1 aromatic heterocycles. The molecular weight excluding hydrogens is 406 g/mol. The van der Waals surface area contributed by atoms with Crippen molar-refractivity contribution in [2.24, 2.45) is 0 Å². The molecule has 1 heterocycles. The molecule has 0 aliphatic heterocycles. The minimum absolute atomic E-state index is 0.0203. The van der Waals surface area contributed by atoms with Gasteiger partial charge in [0.05, 0.1) is 16.3 Å². The molecule has 0 saturated carbocycles. The Morgan fingerprint density at radius 3 is 2.10 bits per heavy atom. The van der Waals surface area contributed by atoms with Crippen LogP contribution in [0.15, 0.2) is 47.4 Å². The first-order valence-electron chi connectivity index (χ1n) is 9.36. The third kappa shape index (κ3) is 4.20. The van der Waals surface area contributed by atoms with Crippen LogP contribution in [0.2, 0.25) is 0 Å². The molecule has 3 aromatic rings. The third-order valence-corrected chi connectivity index (χ3v) is 6.18. The number of benzene rings is 2. The summed E-state index contributed by atoms with van der Waals surface area (Å²) in [5.74, 6) is 0.0455. The van der Waals surface area contributed by atoms with Crippen LogP contribution in [-0.2, 0) is 10.1 Å². The number of nitro benzene ring substituents is 1. The zero-order valence-corrected chi connectivity index (χ0v) is 18.2. The Morgan fingerprint density at radius 2 is 1.60 bits per heavy atom. The maximum Gasteiger partial charge on any atom is 0.341 e. The van der Waals surface area contributed by atoms with Crippen molar-refractivity contribution in [2.45, 2.75) is 45.4 Å². The van der Waals surface area contributed by atoms with Gasteiger partial charge in [0.2, 0.25) is 5.88 Å². The van der Waals surface area contributed by atoms with Gasteiger partial charge in [-0.1, -0.05) is 31.5 Å². The SMILES string of the molecule is Cc1cc(C)c(S(=O)(=O)Oc2cc(C(C)C)nn2-c2ccc([N+](=O)[O-])cc2)c(C)c1. The number of non-ortho nitro benzene ring substituents is 1. The molecule has 0 amide bonds. The van der Waals surface area contributed by atoms with Crippen molar-refractivity contribution < 1.29 is 17.5 Å². The third-order valence-electron chi connectivity index (χ3n) is 4.64. The summed E-state index contributed by atoms with van der Waals surface area (Å²) in [7, 11) is -4.12. The summed E-state index contributed by atoms with van der Waals surface area (Å²) in [5.41, 5.74) is 3.17. The second-order valence-corrected chi connectivity index (χ2v) is 9.00. The van der Waals surface area contributed by atoms with E-state index >= 15 is 0 Å². The fraction of sp³-hybridized carbons (Fsp3) is 0.286. The molecule has 0 aliphatic carbocycles. The van der Waals surface area contributed by atoms with E-state index in [0.717, 1.165) is 5.56 Å². The fourth-order valence-corrected chi connectivity index (χ4v) is 4.67. The fourth-order valence-electron chi connectivity index (χ4n) is 3.34. The van der Waals surface area contributed by atoms with E-state index in [1.807, 2.05) is 20.8 Å². The zero-order valence-electron chi connectivity index (χ0n) is 17.4. The molecule has 158 valence electrons. The lowest BCUT2D eigenvalue weighted by molar-refractivity contribution is -0.384. The second-order valence-electron chi connectivity index (χ2n) is 7.51.